The Labute approximate surface area is 161 Å². The SMILES string of the molecule is CCCC(CC)C(=O)N(C)CC(=O)c1ccc2c(c1)OCO2.COCOC. The third-order valence-corrected chi connectivity index (χ3v) is 4.17. The lowest BCUT2D eigenvalue weighted by atomic mass is 9.99. The molecule has 1 heterocycles. The molecule has 0 spiro atoms. The number of hydrogen-bond donors (Lipinski definition) is 0. The lowest BCUT2D eigenvalue weighted by Gasteiger charge is -2.22. The van der Waals surface area contributed by atoms with Crippen LogP contribution >= 0.6 is 0 Å². The molecule has 152 valence electrons. The van der Waals surface area contributed by atoms with E-state index in [1.807, 2.05) is 6.92 Å². The molecular weight excluding hydrogens is 350 g/mol. The molecule has 0 aromatic heterocycles. The average Bonchev–Trinajstić information content (AvgIpc) is 3.14. The van der Waals surface area contributed by atoms with Crippen molar-refractivity contribution in [1.82, 2.24) is 4.90 Å². The first-order valence-electron chi connectivity index (χ1n) is 9.14. The first kappa shape index (κ1) is 22.9. The van der Waals surface area contributed by atoms with Crippen molar-refractivity contribution in [3.05, 3.63) is 23.8 Å². The van der Waals surface area contributed by atoms with Crippen LogP contribution < -0.4 is 9.47 Å². The highest BCUT2D eigenvalue weighted by atomic mass is 16.7. The Balaban J connectivity index is 0.000000646. The van der Waals surface area contributed by atoms with E-state index in [9.17, 15) is 9.59 Å². The number of hydrogen-bond acceptors (Lipinski definition) is 6. The Morgan fingerprint density at radius 2 is 1.81 bits per heavy atom. The maximum absolute atomic E-state index is 12.3. The summed E-state index contributed by atoms with van der Waals surface area (Å²) in [5.74, 6) is 1.17. The number of rotatable bonds is 9. The van der Waals surface area contributed by atoms with Gasteiger partial charge in [0.25, 0.3) is 0 Å². The van der Waals surface area contributed by atoms with E-state index < -0.39 is 0 Å². The molecule has 27 heavy (non-hydrogen) atoms. The molecule has 0 bridgehead atoms. The summed E-state index contributed by atoms with van der Waals surface area (Å²) in [6.45, 7) is 4.72. The first-order valence-corrected chi connectivity index (χ1v) is 9.14. The van der Waals surface area contributed by atoms with Crippen LogP contribution in [0.25, 0.3) is 0 Å². The molecule has 0 saturated heterocycles. The van der Waals surface area contributed by atoms with Gasteiger partial charge in [0, 0.05) is 32.7 Å². The van der Waals surface area contributed by atoms with E-state index in [1.165, 1.54) is 4.90 Å². The summed E-state index contributed by atoms with van der Waals surface area (Å²) in [6, 6.07) is 5.10. The quantitative estimate of drug-likeness (QED) is 0.483. The fourth-order valence-electron chi connectivity index (χ4n) is 2.73. The molecule has 1 amide bonds. The topological polar surface area (TPSA) is 74.3 Å². The number of ether oxygens (including phenoxy) is 4. The van der Waals surface area contributed by atoms with Crippen LogP contribution in [-0.2, 0) is 14.3 Å². The van der Waals surface area contributed by atoms with Crippen LogP contribution in [0.3, 0.4) is 0 Å². The molecule has 0 radical (unpaired) electrons. The number of methoxy groups -OCH3 is 2. The molecule has 0 N–H and O–H groups in total. The minimum Gasteiger partial charge on any atom is -0.454 e. The van der Waals surface area contributed by atoms with E-state index in [0.29, 0.717) is 23.9 Å². The lowest BCUT2D eigenvalue weighted by molar-refractivity contribution is -0.134. The first-order chi connectivity index (χ1) is 13.0. The normalized spacial score (nSPS) is 12.8. The highest BCUT2D eigenvalue weighted by Gasteiger charge is 2.22. The highest BCUT2D eigenvalue weighted by molar-refractivity contribution is 6.00. The zero-order valence-electron chi connectivity index (χ0n) is 16.9. The van der Waals surface area contributed by atoms with Gasteiger partial charge in [-0.25, -0.2) is 0 Å². The molecule has 0 saturated carbocycles. The fourth-order valence-corrected chi connectivity index (χ4v) is 2.73. The van der Waals surface area contributed by atoms with Gasteiger partial charge in [-0.2, -0.15) is 0 Å². The van der Waals surface area contributed by atoms with Crippen molar-refractivity contribution in [3.63, 3.8) is 0 Å². The van der Waals surface area contributed by atoms with E-state index in [0.717, 1.165) is 19.3 Å². The Hall–Kier alpha value is -2.12. The van der Waals surface area contributed by atoms with E-state index in [2.05, 4.69) is 16.4 Å². The summed E-state index contributed by atoms with van der Waals surface area (Å²) in [5, 5.41) is 0. The van der Waals surface area contributed by atoms with Gasteiger partial charge >= 0.3 is 0 Å². The molecule has 0 fully saturated rings. The Morgan fingerprint density at radius 3 is 2.37 bits per heavy atom. The number of ketones is 1. The second-order valence-corrected chi connectivity index (χ2v) is 6.27. The van der Waals surface area contributed by atoms with Crippen molar-refractivity contribution >= 4 is 11.7 Å². The minimum atomic E-state index is -0.0968. The molecule has 1 aliphatic rings. The molecule has 7 heteroatoms. The van der Waals surface area contributed by atoms with E-state index in [-0.39, 0.29) is 30.9 Å². The Morgan fingerprint density at radius 1 is 1.15 bits per heavy atom. The van der Waals surface area contributed by atoms with Crippen LogP contribution in [0.5, 0.6) is 11.5 Å². The summed E-state index contributed by atoms with van der Waals surface area (Å²) in [6.07, 6.45) is 2.63. The van der Waals surface area contributed by atoms with E-state index in [4.69, 9.17) is 9.47 Å². The second kappa shape index (κ2) is 12.3. The van der Waals surface area contributed by atoms with Crippen LogP contribution in [0.4, 0.5) is 0 Å². The number of carbonyl (C=O) groups excluding carboxylic acids is 2. The van der Waals surface area contributed by atoms with Gasteiger partial charge in [0.15, 0.2) is 17.3 Å². The number of Topliss-reactive ketones (excluding diaryl/α,β-unsaturated/α-hetero) is 1. The summed E-state index contributed by atoms with van der Waals surface area (Å²) in [7, 11) is 4.86. The largest absolute Gasteiger partial charge is 0.454 e. The highest BCUT2D eigenvalue weighted by Crippen LogP contribution is 2.32. The predicted molar refractivity (Wildman–Crippen MR) is 102 cm³/mol. The van der Waals surface area contributed by atoms with Gasteiger partial charge in [-0.15, -0.1) is 0 Å². The van der Waals surface area contributed by atoms with Crippen LogP contribution in [-0.4, -0.2) is 58.0 Å². The average molecular weight is 381 g/mol. The number of nitrogens with zero attached hydrogens (tertiary/aromatic N) is 1. The summed E-state index contributed by atoms with van der Waals surface area (Å²) in [4.78, 5) is 26.2. The maximum atomic E-state index is 12.3. The van der Waals surface area contributed by atoms with Gasteiger partial charge in [-0.1, -0.05) is 20.3 Å². The summed E-state index contributed by atoms with van der Waals surface area (Å²) < 4.78 is 19.4. The smallest absolute Gasteiger partial charge is 0.231 e. The summed E-state index contributed by atoms with van der Waals surface area (Å²) in [5.41, 5.74) is 0.535. The molecule has 1 atom stereocenters. The molecule has 0 aliphatic carbocycles. The standard InChI is InChI=1S/C17H23NO4.C3H8O2/c1-4-6-12(5-2)17(20)18(3)10-14(19)13-7-8-15-16(9-13)22-11-21-15;1-4-3-5-2/h7-9,12H,4-6,10-11H2,1-3H3;3H2,1-2H3. The third-order valence-electron chi connectivity index (χ3n) is 4.17. The van der Waals surface area contributed by atoms with Crippen molar-refractivity contribution in [2.75, 3.05) is 41.4 Å². The zero-order chi connectivity index (χ0) is 20.2. The lowest BCUT2D eigenvalue weighted by Crippen LogP contribution is -2.36. The third kappa shape index (κ3) is 7.19. The van der Waals surface area contributed by atoms with Gasteiger partial charge in [0.05, 0.1) is 6.54 Å². The monoisotopic (exact) mass is 381 g/mol. The number of amides is 1. The fraction of sp³-hybridized carbons (Fsp3) is 0.600. The van der Waals surface area contributed by atoms with Crippen LogP contribution in [0.2, 0.25) is 0 Å². The number of carbonyl (C=O) groups is 2. The van der Waals surface area contributed by atoms with Crippen molar-refractivity contribution in [2.45, 2.75) is 33.1 Å². The van der Waals surface area contributed by atoms with Gasteiger partial charge in [0.2, 0.25) is 12.7 Å². The Bertz CT molecular complexity index is 602. The van der Waals surface area contributed by atoms with Gasteiger partial charge in [0.1, 0.15) is 6.79 Å². The molecule has 1 aliphatic heterocycles. The van der Waals surface area contributed by atoms with Crippen molar-refractivity contribution in [1.29, 1.82) is 0 Å². The van der Waals surface area contributed by atoms with Crippen LogP contribution in [0.15, 0.2) is 18.2 Å². The number of benzene rings is 1. The zero-order valence-corrected chi connectivity index (χ0v) is 16.9. The molecule has 1 unspecified atom stereocenters. The van der Waals surface area contributed by atoms with Crippen LogP contribution in [0.1, 0.15) is 43.5 Å². The van der Waals surface area contributed by atoms with Gasteiger partial charge in [-0.05, 0) is 31.0 Å². The van der Waals surface area contributed by atoms with Crippen LogP contribution in [0, 0.1) is 5.92 Å². The Kier molecular flexibility index (Phi) is 10.4. The minimum absolute atomic E-state index is 0.000413. The summed E-state index contributed by atoms with van der Waals surface area (Å²) >= 11 is 0. The van der Waals surface area contributed by atoms with Gasteiger partial charge in [-0.3, -0.25) is 9.59 Å². The molecule has 1 aromatic carbocycles. The van der Waals surface area contributed by atoms with E-state index >= 15 is 0 Å². The van der Waals surface area contributed by atoms with Crippen molar-refractivity contribution in [3.8, 4) is 11.5 Å². The van der Waals surface area contributed by atoms with Crippen molar-refractivity contribution in [2.24, 2.45) is 5.92 Å². The second-order valence-electron chi connectivity index (χ2n) is 6.27. The molecular formula is C20H31NO6. The number of fused-ring (bicyclic) bond motifs is 1. The van der Waals surface area contributed by atoms with Gasteiger partial charge < -0.3 is 23.8 Å². The van der Waals surface area contributed by atoms with E-state index in [1.54, 1.807) is 39.5 Å². The molecule has 1 aromatic rings. The number of likely N-dealkylation sites (N-methyl/N-ethyl adjacent to an activating group) is 1. The molecule has 2 rings (SSSR count). The molecule has 7 nitrogen and oxygen atoms in total. The predicted octanol–water partition coefficient (Wildman–Crippen LogP) is 3.12. The van der Waals surface area contributed by atoms with Crippen molar-refractivity contribution < 1.29 is 28.5 Å². The maximum Gasteiger partial charge on any atom is 0.231 e.